The van der Waals surface area contributed by atoms with E-state index in [1.54, 1.807) is 12.1 Å². The number of aromatic nitrogens is 2. The third-order valence-electron chi connectivity index (χ3n) is 2.44. The van der Waals surface area contributed by atoms with Gasteiger partial charge in [0.1, 0.15) is 28.8 Å². The fourth-order valence-corrected chi connectivity index (χ4v) is 1.65. The Morgan fingerprint density at radius 1 is 1.22 bits per heavy atom. The van der Waals surface area contributed by atoms with E-state index in [9.17, 15) is 4.39 Å². The molecule has 1 aromatic carbocycles. The van der Waals surface area contributed by atoms with E-state index >= 15 is 0 Å². The highest BCUT2D eigenvalue weighted by Gasteiger charge is 2.05. The van der Waals surface area contributed by atoms with Crippen molar-refractivity contribution in [3.05, 3.63) is 47.0 Å². The van der Waals surface area contributed by atoms with Gasteiger partial charge in [0.25, 0.3) is 0 Å². The predicted octanol–water partition coefficient (Wildman–Crippen LogP) is 2.51. The minimum absolute atomic E-state index is 0.238. The maximum atomic E-state index is 12.7. The van der Waals surface area contributed by atoms with Gasteiger partial charge in [-0.2, -0.15) is 0 Å². The molecule has 18 heavy (non-hydrogen) atoms. The van der Waals surface area contributed by atoms with E-state index in [1.165, 1.54) is 18.5 Å². The number of anilines is 2. The molecule has 3 N–H and O–H groups in total. The summed E-state index contributed by atoms with van der Waals surface area (Å²) in [6, 6.07) is 6.36. The van der Waals surface area contributed by atoms with Crippen molar-refractivity contribution in [1.29, 1.82) is 0 Å². The zero-order valence-electron chi connectivity index (χ0n) is 9.53. The lowest BCUT2D eigenvalue weighted by molar-refractivity contribution is 0.627. The van der Waals surface area contributed by atoms with Crippen LogP contribution in [0.25, 0.3) is 0 Å². The second-order valence-corrected chi connectivity index (χ2v) is 4.10. The van der Waals surface area contributed by atoms with Crippen molar-refractivity contribution >= 4 is 23.2 Å². The first kappa shape index (κ1) is 12.6. The minimum atomic E-state index is -0.238. The monoisotopic (exact) mass is 266 g/mol. The van der Waals surface area contributed by atoms with E-state index in [0.717, 1.165) is 12.0 Å². The number of nitrogens with one attached hydrogen (secondary N) is 1. The second kappa shape index (κ2) is 5.64. The van der Waals surface area contributed by atoms with E-state index in [0.29, 0.717) is 17.4 Å². The molecule has 0 atom stereocenters. The average Bonchev–Trinajstić information content (AvgIpc) is 2.37. The molecule has 0 fully saturated rings. The Balaban J connectivity index is 1.92. The van der Waals surface area contributed by atoms with Crippen LogP contribution in [-0.4, -0.2) is 16.5 Å². The van der Waals surface area contributed by atoms with Crippen LogP contribution in [0.2, 0.25) is 5.02 Å². The summed E-state index contributed by atoms with van der Waals surface area (Å²) in [5.74, 6) is 0.514. The van der Waals surface area contributed by atoms with Crippen LogP contribution < -0.4 is 11.1 Å². The van der Waals surface area contributed by atoms with Crippen LogP contribution >= 0.6 is 11.6 Å². The summed E-state index contributed by atoms with van der Waals surface area (Å²) in [5.41, 5.74) is 6.59. The first-order valence-corrected chi connectivity index (χ1v) is 5.79. The Bertz CT molecular complexity index is 530. The summed E-state index contributed by atoms with van der Waals surface area (Å²) in [5, 5.41) is 3.38. The average molecular weight is 267 g/mol. The van der Waals surface area contributed by atoms with Crippen LogP contribution in [0.15, 0.2) is 30.6 Å². The van der Waals surface area contributed by atoms with Gasteiger partial charge in [-0.15, -0.1) is 0 Å². The number of nitrogens with two attached hydrogens (primary N) is 1. The summed E-state index contributed by atoms with van der Waals surface area (Å²) in [4.78, 5) is 7.76. The van der Waals surface area contributed by atoms with Crippen LogP contribution in [0.4, 0.5) is 16.0 Å². The van der Waals surface area contributed by atoms with Crippen LogP contribution in [-0.2, 0) is 6.42 Å². The van der Waals surface area contributed by atoms with Crippen molar-refractivity contribution in [3.8, 4) is 0 Å². The van der Waals surface area contributed by atoms with Crippen molar-refractivity contribution in [2.45, 2.75) is 6.42 Å². The summed E-state index contributed by atoms with van der Waals surface area (Å²) < 4.78 is 12.7. The van der Waals surface area contributed by atoms with Crippen molar-refractivity contribution < 1.29 is 4.39 Å². The first-order valence-electron chi connectivity index (χ1n) is 5.41. The highest BCUT2D eigenvalue weighted by Crippen LogP contribution is 2.22. The topological polar surface area (TPSA) is 63.8 Å². The molecule has 2 aromatic rings. The van der Waals surface area contributed by atoms with Gasteiger partial charge in [0, 0.05) is 6.54 Å². The van der Waals surface area contributed by atoms with Gasteiger partial charge in [-0.3, -0.25) is 0 Å². The molecule has 0 aliphatic rings. The minimum Gasteiger partial charge on any atom is -0.382 e. The molecule has 0 unspecified atom stereocenters. The number of benzene rings is 1. The summed E-state index contributed by atoms with van der Waals surface area (Å²) in [6.07, 6.45) is 2.09. The van der Waals surface area contributed by atoms with Gasteiger partial charge in [0.05, 0.1) is 0 Å². The molecule has 0 aliphatic heterocycles. The first-order chi connectivity index (χ1) is 8.66. The highest BCUT2D eigenvalue weighted by atomic mass is 35.5. The molecular formula is C12H12ClFN4. The van der Waals surface area contributed by atoms with Crippen LogP contribution in [0.3, 0.4) is 0 Å². The van der Waals surface area contributed by atoms with E-state index in [4.69, 9.17) is 17.3 Å². The van der Waals surface area contributed by atoms with Gasteiger partial charge < -0.3 is 11.1 Å². The molecule has 94 valence electrons. The molecule has 6 heteroatoms. The lowest BCUT2D eigenvalue weighted by atomic mass is 10.1. The summed E-state index contributed by atoms with van der Waals surface area (Å²) in [7, 11) is 0. The lowest BCUT2D eigenvalue weighted by Gasteiger charge is -2.08. The van der Waals surface area contributed by atoms with Crippen molar-refractivity contribution in [2.24, 2.45) is 0 Å². The largest absolute Gasteiger partial charge is 0.382 e. The van der Waals surface area contributed by atoms with Crippen molar-refractivity contribution in [3.63, 3.8) is 0 Å². The molecule has 0 saturated heterocycles. The number of nitrogens with zero attached hydrogens (tertiary/aromatic N) is 2. The van der Waals surface area contributed by atoms with Gasteiger partial charge in [0.2, 0.25) is 0 Å². The normalized spacial score (nSPS) is 10.3. The van der Waals surface area contributed by atoms with Crippen LogP contribution in [0, 0.1) is 5.82 Å². The third-order valence-corrected chi connectivity index (χ3v) is 2.81. The Morgan fingerprint density at radius 3 is 2.67 bits per heavy atom. The summed E-state index contributed by atoms with van der Waals surface area (Å²) >= 11 is 5.93. The highest BCUT2D eigenvalue weighted by molar-refractivity contribution is 6.35. The zero-order valence-corrected chi connectivity index (χ0v) is 10.3. The summed E-state index contributed by atoms with van der Waals surface area (Å²) in [6.45, 7) is 0.627. The fraction of sp³-hybridized carbons (Fsp3) is 0.167. The molecule has 1 heterocycles. The number of halogens is 2. The Hall–Kier alpha value is -1.88. The van der Waals surface area contributed by atoms with Crippen molar-refractivity contribution in [2.75, 3.05) is 17.6 Å². The maximum Gasteiger partial charge on any atom is 0.150 e. The standard InChI is InChI=1S/C12H12ClFN4/c13-10-11(15)17-7-18-12(10)16-6-5-8-1-3-9(14)4-2-8/h1-4,7H,5-6H2,(H3,15,16,17,18). The molecule has 0 spiro atoms. The third kappa shape index (κ3) is 3.07. The smallest absolute Gasteiger partial charge is 0.150 e. The quantitative estimate of drug-likeness (QED) is 0.892. The van der Waals surface area contributed by atoms with E-state index in [1.807, 2.05) is 0 Å². The molecule has 1 aromatic heterocycles. The Kier molecular flexibility index (Phi) is 3.94. The zero-order chi connectivity index (χ0) is 13.0. The molecule has 0 amide bonds. The second-order valence-electron chi connectivity index (χ2n) is 3.72. The van der Waals surface area contributed by atoms with Gasteiger partial charge in [-0.05, 0) is 24.1 Å². The Morgan fingerprint density at radius 2 is 1.94 bits per heavy atom. The van der Waals surface area contributed by atoms with E-state index < -0.39 is 0 Å². The molecular weight excluding hydrogens is 255 g/mol. The van der Waals surface area contributed by atoms with Crippen LogP contribution in [0.1, 0.15) is 5.56 Å². The van der Waals surface area contributed by atoms with Gasteiger partial charge in [-0.25, -0.2) is 14.4 Å². The molecule has 4 nitrogen and oxygen atoms in total. The number of hydrogen-bond acceptors (Lipinski definition) is 4. The molecule has 0 aliphatic carbocycles. The molecule has 0 radical (unpaired) electrons. The molecule has 0 saturated carbocycles. The van der Waals surface area contributed by atoms with Crippen molar-refractivity contribution in [1.82, 2.24) is 9.97 Å². The Labute approximate surface area is 109 Å². The van der Waals surface area contributed by atoms with Gasteiger partial charge >= 0.3 is 0 Å². The SMILES string of the molecule is Nc1ncnc(NCCc2ccc(F)cc2)c1Cl. The number of rotatable bonds is 4. The number of nitrogen functional groups attached to an aromatic ring is 1. The van der Waals surface area contributed by atoms with Gasteiger partial charge in [0.15, 0.2) is 0 Å². The molecule has 2 rings (SSSR count). The molecule has 0 bridgehead atoms. The lowest BCUT2D eigenvalue weighted by Crippen LogP contribution is -2.08. The maximum absolute atomic E-state index is 12.7. The van der Waals surface area contributed by atoms with E-state index in [-0.39, 0.29) is 11.6 Å². The fourth-order valence-electron chi connectivity index (χ4n) is 1.48. The predicted molar refractivity (Wildman–Crippen MR) is 70.0 cm³/mol. The van der Waals surface area contributed by atoms with E-state index in [2.05, 4.69) is 15.3 Å². The van der Waals surface area contributed by atoms with Crippen LogP contribution in [0.5, 0.6) is 0 Å². The number of hydrogen-bond donors (Lipinski definition) is 2. The van der Waals surface area contributed by atoms with Gasteiger partial charge in [-0.1, -0.05) is 23.7 Å².